The summed E-state index contributed by atoms with van der Waals surface area (Å²) in [6.07, 6.45) is 2.91. The first-order valence-electron chi connectivity index (χ1n) is 12.5. The molecule has 0 bridgehead atoms. The Morgan fingerprint density at radius 2 is 2.00 bits per heavy atom. The van der Waals surface area contributed by atoms with Crippen molar-refractivity contribution in [2.24, 2.45) is 0 Å². The smallest absolute Gasteiger partial charge is 0.295 e. The summed E-state index contributed by atoms with van der Waals surface area (Å²) in [6, 6.07) is 9.80. The molecule has 37 heavy (non-hydrogen) atoms. The van der Waals surface area contributed by atoms with Gasteiger partial charge in [-0.2, -0.15) is 0 Å². The monoisotopic (exact) mass is 507 g/mol. The van der Waals surface area contributed by atoms with E-state index in [1.807, 2.05) is 19.9 Å². The molecule has 0 saturated carbocycles. The highest BCUT2D eigenvalue weighted by Crippen LogP contribution is 2.43. The number of ketones is 1. The summed E-state index contributed by atoms with van der Waals surface area (Å²) in [6.45, 7) is 8.93. The molecule has 1 N–H and O–H groups in total. The van der Waals surface area contributed by atoms with Crippen LogP contribution in [0.25, 0.3) is 5.76 Å². The number of likely N-dealkylation sites (tertiary alicyclic amines) is 1. The van der Waals surface area contributed by atoms with Gasteiger partial charge in [-0.3, -0.25) is 9.59 Å². The minimum absolute atomic E-state index is 0.0385. The quantitative estimate of drug-likeness (QED) is 0.158. The topological polar surface area (TPSA) is 94.5 Å². The Hall–Kier alpha value is -3.78. The molecule has 2 aromatic rings. The van der Waals surface area contributed by atoms with Gasteiger partial charge < -0.3 is 29.0 Å². The van der Waals surface area contributed by atoms with Gasteiger partial charge >= 0.3 is 0 Å². The molecular formula is C29H33NO7. The Bertz CT molecular complexity index is 1220. The summed E-state index contributed by atoms with van der Waals surface area (Å²) >= 11 is 0. The first-order valence-corrected chi connectivity index (χ1v) is 12.5. The van der Waals surface area contributed by atoms with Crippen LogP contribution in [-0.2, 0) is 20.7 Å². The Morgan fingerprint density at radius 1 is 1.19 bits per heavy atom. The van der Waals surface area contributed by atoms with Crippen molar-refractivity contribution in [2.75, 3.05) is 33.5 Å². The third kappa shape index (κ3) is 5.34. The van der Waals surface area contributed by atoms with Crippen molar-refractivity contribution in [3.63, 3.8) is 0 Å². The number of fused-ring (bicyclic) bond motifs is 1. The molecular weight excluding hydrogens is 474 g/mol. The molecule has 2 aliphatic rings. The van der Waals surface area contributed by atoms with Crippen molar-refractivity contribution in [3.8, 4) is 17.2 Å². The maximum absolute atomic E-state index is 13.3. The molecule has 8 nitrogen and oxygen atoms in total. The summed E-state index contributed by atoms with van der Waals surface area (Å²) in [7, 11) is 1.58. The van der Waals surface area contributed by atoms with Crippen LogP contribution in [0.2, 0.25) is 0 Å². The lowest BCUT2D eigenvalue weighted by molar-refractivity contribution is -0.140. The zero-order chi connectivity index (χ0) is 26.5. The molecule has 0 radical (unpaired) electrons. The van der Waals surface area contributed by atoms with E-state index in [1.54, 1.807) is 43.5 Å². The predicted molar refractivity (Wildman–Crippen MR) is 139 cm³/mol. The van der Waals surface area contributed by atoms with Gasteiger partial charge in [0.25, 0.3) is 11.7 Å². The largest absolute Gasteiger partial charge is 0.507 e. The first-order chi connectivity index (χ1) is 17.9. The molecule has 2 heterocycles. The highest BCUT2D eigenvalue weighted by molar-refractivity contribution is 6.46. The minimum Gasteiger partial charge on any atom is -0.507 e. The van der Waals surface area contributed by atoms with Gasteiger partial charge in [-0.25, -0.2) is 0 Å². The van der Waals surface area contributed by atoms with E-state index in [0.717, 1.165) is 11.3 Å². The number of carbonyl (C=O) groups excluding carboxylic acids is 2. The van der Waals surface area contributed by atoms with E-state index in [2.05, 4.69) is 6.58 Å². The number of hydrogen-bond donors (Lipinski definition) is 1. The van der Waals surface area contributed by atoms with Crippen LogP contribution in [0.5, 0.6) is 17.2 Å². The second-order valence-electron chi connectivity index (χ2n) is 9.03. The number of benzene rings is 2. The molecule has 0 aromatic heterocycles. The molecule has 0 aliphatic carbocycles. The Balaban J connectivity index is 1.81. The average molecular weight is 508 g/mol. The summed E-state index contributed by atoms with van der Waals surface area (Å²) < 4.78 is 22.5. The Kier molecular flexibility index (Phi) is 8.18. The zero-order valence-corrected chi connectivity index (χ0v) is 21.5. The molecule has 1 amide bonds. The van der Waals surface area contributed by atoms with Crippen molar-refractivity contribution in [2.45, 2.75) is 38.8 Å². The average Bonchev–Trinajstić information content (AvgIpc) is 3.38. The maximum atomic E-state index is 13.3. The molecule has 2 aromatic carbocycles. The third-order valence-corrected chi connectivity index (χ3v) is 6.40. The lowest BCUT2D eigenvalue weighted by Gasteiger charge is -2.26. The van der Waals surface area contributed by atoms with Gasteiger partial charge in [-0.1, -0.05) is 18.7 Å². The fourth-order valence-corrected chi connectivity index (χ4v) is 4.79. The number of Topliss-reactive ketones (excluding diaryl/α,β-unsaturated/α-hetero) is 1. The van der Waals surface area contributed by atoms with E-state index in [-0.39, 0.29) is 24.0 Å². The van der Waals surface area contributed by atoms with Gasteiger partial charge in [0.2, 0.25) is 0 Å². The summed E-state index contributed by atoms with van der Waals surface area (Å²) in [5.74, 6) is 0.158. The van der Waals surface area contributed by atoms with Gasteiger partial charge in [0, 0.05) is 32.2 Å². The Labute approximate surface area is 217 Å². The second kappa shape index (κ2) is 11.5. The minimum atomic E-state index is -0.798. The van der Waals surface area contributed by atoms with Gasteiger partial charge in [0.15, 0.2) is 11.5 Å². The highest BCUT2D eigenvalue weighted by Gasteiger charge is 2.46. The predicted octanol–water partition coefficient (Wildman–Crippen LogP) is 4.43. The van der Waals surface area contributed by atoms with Crippen LogP contribution >= 0.6 is 0 Å². The van der Waals surface area contributed by atoms with E-state index in [1.165, 1.54) is 4.90 Å². The van der Waals surface area contributed by atoms with Gasteiger partial charge in [-0.05, 0) is 61.7 Å². The second-order valence-corrected chi connectivity index (χ2v) is 9.03. The number of ether oxygens (including phenoxy) is 4. The lowest BCUT2D eigenvalue weighted by atomic mass is 9.94. The molecule has 1 saturated heterocycles. The van der Waals surface area contributed by atoms with Crippen LogP contribution in [0.3, 0.4) is 0 Å². The molecule has 0 spiro atoms. The molecule has 8 heteroatoms. The van der Waals surface area contributed by atoms with E-state index in [4.69, 9.17) is 18.9 Å². The standard InChI is InChI=1S/C29H33NO7/c1-5-13-36-23-11-8-19(17-24(23)35-6-2)26-25(28(32)29(33)30(26)12-7-14-34-4)27(31)20-9-10-22-21(16-20)15-18(3)37-22/h5,8-11,16-18,26,31H,1,6-7,12-15H2,2-4H3/t18-,26-/m0/s1. The number of rotatable bonds is 11. The molecule has 2 atom stereocenters. The van der Waals surface area contributed by atoms with Crippen molar-refractivity contribution < 1.29 is 33.6 Å². The van der Waals surface area contributed by atoms with Crippen molar-refractivity contribution in [1.82, 2.24) is 4.90 Å². The number of amides is 1. The fourth-order valence-electron chi connectivity index (χ4n) is 4.79. The molecule has 196 valence electrons. The van der Waals surface area contributed by atoms with Crippen molar-refractivity contribution >= 4 is 17.4 Å². The van der Waals surface area contributed by atoms with Crippen LogP contribution < -0.4 is 14.2 Å². The van der Waals surface area contributed by atoms with Gasteiger partial charge in [0.05, 0.1) is 18.2 Å². The third-order valence-electron chi connectivity index (χ3n) is 6.40. The number of methoxy groups -OCH3 is 1. The number of carbonyl (C=O) groups is 2. The molecule has 0 unspecified atom stereocenters. The summed E-state index contributed by atoms with van der Waals surface area (Å²) in [4.78, 5) is 28.0. The van der Waals surface area contributed by atoms with E-state index < -0.39 is 17.7 Å². The molecule has 2 aliphatic heterocycles. The summed E-state index contributed by atoms with van der Waals surface area (Å²) in [5.41, 5.74) is 2.08. The normalized spacial score (nSPS) is 20.0. The lowest BCUT2D eigenvalue weighted by Crippen LogP contribution is -2.31. The molecule has 1 fully saturated rings. The van der Waals surface area contributed by atoms with Gasteiger partial charge in [-0.15, -0.1) is 0 Å². The Morgan fingerprint density at radius 3 is 2.73 bits per heavy atom. The number of aliphatic hydroxyl groups is 1. The van der Waals surface area contributed by atoms with Crippen LogP contribution in [0.4, 0.5) is 0 Å². The van der Waals surface area contributed by atoms with Gasteiger partial charge in [0.1, 0.15) is 24.2 Å². The number of nitrogens with zero attached hydrogens (tertiary/aromatic N) is 1. The van der Waals surface area contributed by atoms with Crippen LogP contribution in [0.15, 0.2) is 54.6 Å². The first kappa shape index (κ1) is 26.3. The van der Waals surface area contributed by atoms with E-state index in [9.17, 15) is 14.7 Å². The van der Waals surface area contributed by atoms with Crippen LogP contribution in [-0.4, -0.2) is 61.3 Å². The zero-order valence-electron chi connectivity index (χ0n) is 21.5. The summed E-state index contributed by atoms with van der Waals surface area (Å²) in [5, 5.41) is 11.4. The SMILES string of the molecule is C=CCOc1ccc([C@H]2C(=C(O)c3ccc4c(c3)C[C@H](C)O4)C(=O)C(=O)N2CCCOC)cc1OCC. The number of aliphatic hydroxyl groups excluding tert-OH is 1. The van der Waals surface area contributed by atoms with Crippen molar-refractivity contribution in [1.29, 1.82) is 0 Å². The maximum Gasteiger partial charge on any atom is 0.295 e. The molecule has 4 rings (SSSR count). The highest BCUT2D eigenvalue weighted by atomic mass is 16.5. The number of hydrogen-bond acceptors (Lipinski definition) is 7. The van der Waals surface area contributed by atoms with Crippen LogP contribution in [0, 0.1) is 0 Å². The van der Waals surface area contributed by atoms with E-state index >= 15 is 0 Å². The van der Waals surface area contributed by atoms with E-state index in [0.29, 0.717) is 55.3 Å². The van der Waals surface area contributed by atoms with Crippen molar-refractivity contribution in [3.05, 3.63) is 71.3 Å². The fraction of sp³-hybridized carbons (Fsp3) is 0.379. The van der Waals surface area contributed by atoms with Crippen LogP contribution in [0.1, 0.15) is 43.0 Å².